The molecule has 0 aliphatic heterocycles. The van der Waals surface area contributed by atoms with E-state index in [0.29, 0.717) is 0 Å². The molecule has 1 heteroatoms. The molecule has 0 aliphatic carbocycles. The van der Waals surface area contributed by atoms with E-state index in [4.69, 9.17) is 5.41 Å². The van der Waals surface area contributed by atoms with Crippen molar-refractivity contribution in [1.82, 2.24) is 0 Å². The van der Waals surface area contributed by atoms with Gasteiger partial charge in [0.15, 0.2) is 0 Å². The number of rotatable bonds is 4. The van der Waals surface area contributed by atoms with Gasteiger partial charge in [0, 0.05) is 6.21 Å². The molecule has 8 heavy (non-hydrogen) atoms. The van der Waals surface area contributed by atoms with E-state index in [1.165, 1.54) is 6.21 Å². The summed E-state index contributed by atoms with van der Waals surface area (Å²) in [5, 5.41) is 6.60. The summed E-state index contributed by atoms with van der Waals surface area (Å²) in [5.74, 6) is 0. The lowest BCUT2D eigenvalue weighted by atomic mass is 10.3. The van der Waals surface area contributed by atoms with Crippen molar-refractivity contribution in [3.63, 3.8) is 0 Å². The van der Waals surface area contributed by atoms with E-state index in [1.54, 1.807) is 6.08 Å². The van der Waals surface area contributed by atoms with Gasteiger partial charge < -0.3 is 5.41 Å². The summed E-state index contributed by atoms with van der Waals surface area (Å²) >= 11 is 0. The van der Waals surface area contributed by atoms with Gasteiger partial charge in [0.2, 0.25) is 0 Å². The summed E-state index contributed by atoms with van der Waals surface area (Å²) in [4.78, 5) is 0. The molecule has 0 rings (SSSR count). The normalized spacial score (nSPS) is 9.50. The Balaban J connectivity index is 3.02. The van der Waals surface area contributed by atoms with Gasteiger partial charge in [-0.3, -0.25) is 0 Å². The molecule has 0 bridgehead atoms. The van der Waals surface area contributed by atoms with Gasteiger partial charge in [-0.05, 0) is 18.9 Å². The van der Waals surface area contributed by atoms with Crippen LogP contribution in [0.1, 0.15) is 12.8 Å². The Bertz CT molecular complexity index is 92.6. The Morgan fingerprint density at radius 2 is 2.12 bits per heavy atom. The molecule has 0 atom stereocenters. The van der Waals surface area contributed by atoms with Crippen LogP contribution in [0.15, 0.2) is 24.8 Å². The molecular weight excluding hydrogens is 98.1 g/mol. The van der Waals surface area contributed by atoms with Gasteiger partial charge in [0.05, 0.1) is 0 Å². The van der Waals surface area contributed by atoms with Gasteiger partial charge in [-0.25, -0.2) is 0 Å². The van der Waals surface area contributed by atoms with E-state index in [1.807, 2.05) is 12.2 Å². The van der Waals surface area contributed by atoms with Crippen LogP contribution in [0.25, 0.3) is 0 Å². The quantitative estimate of drug-likeness (QED) is 0.325. The van der Waals surface area contributed by atoms with E-state index < -0.39 is 0 Å². The molecule has 0 aromatic rings. The molecule has 44 valence electrons. The summed E-state index contributed by atoms with van der Waals surface area (Å²) in [7, 11) is 0. The number of nitrogens with one attached hydrogen (secondary N) is 1. The van der Waals surface area contributed by atoms with Crippen LogP contribution in [0, 0.1) is 5.41 Å². The van der Waals surface area contributed by atoms with Crippen molar-refractivity contribution in [1.29, 1.82) is 5.41 Å². The van der Waals surface area contributed by atoms with E-state index in [0.717, 1.165) is 12.8 Å². The van der Waals surface area contributed by atoms with Gasteiger partial charge in [-0.1, -0.05) is 12.2 Å². The fourth-order valence-corrected chi connectivity index (χ4v) is 0.378. The van der Waals surface area contributed by atoms with Crippen LogP contribution in [0.3, 0.4) is 0 Å². The lowest BCUT2D eigenvalue weighted by Gasteiger charge is -1.79. The maximum atomic E-state index is 6.60. The Labute approximate surface area is 50.2 Å². The van der Waals surface area contributed by atoms with Crippen LogP contribution in [0.4, 0.5) is 0 Å². The van der Waals surface area contributed by atoms with Crippen LogP contribution in [-0.2, 0) is 0 Å². The molecule has 0 aromatic carbocycles. The molecule has 0 spiro atoms. The predicted octanol–water partition coefficient (Wildman–Crippen LogP) is 2.16. The maximum Gasteiger partial charge on any atom is 0.0174 e. The van der Waals surface area contributed by atoms with Crippen molar-refractivity contribution >= 4 is 6.21 Å². The van der Waals surface area contributed by atoms with Crippen LogP contribution in [0.5, 0.6) is 0 Å². The third-order valence-corrected chi connectivity index (χ3v) is 0.770. The molecule has 0 amide bonds. The highest BCUT2D eigenvalue weighted by Crippen LogP contribution is 1.88. The van der Waals surface area contributed by atoms with Crippen molar-refractivity contribution in [2.45, 2.75) is 12.8 Å². The molecule has 0 fully saturated rings. The van der Waals surface area contributed by atoms with Crippen LogP contribution < -0.4 is 0 Å². The van der Waals surface area contributed by atoms with Crippen LogP contribution >= 0.6 is 0 Å². The van der Waals surface area contributed by atoms with E-state index in [2.05, 4.69) is 6.58 Å². The summed E-state index contributed by atoms with van der Waals surface area (Å²) < 4.78 is 0. The molecule has 0 saturated heterocycles. The predicted molar refractivity (Wildman–Crippen MR) is 37.4 cm³/mol. The standard InChI is InChI=1S/C7H11N/c1-2-3-4-5-6-7-8/h2,5-8H,1,3-4H2/b6-5-,8-7?. The minimum absolute atomic E-state index is 0.999. The van der Waals surface area contributed by atoms with Crippen molar-refractivity contribution in [3.05, 3.63) is 24.8 Å². The Morgan fingerprint density at radius 3 is 2.62 bits per heavy atom. The number of allylic oxidation sites excluding steroid dienone is 3. The molecule has 0 heterocycles. The molecule has 1 nitrogen and oxygen atoms in total. The highest BCUT2D eigenvalue weighted by Gasteiger charge is 1.69. The monoisotopic (exact) mass is 109 g/mol. The smallest absolute Gasteiger partial charge is 0.0174 e. The third-order valence-electron chi connectivity index (χ3n) is 0.770. The Hall–Kier alpha value is -0.850. The fourth-order valence-electron chi connectivity index (χ4n) is 0.378. The van der Waals surface area contributed by atoms with Gasteiger partial charge in [-0.2, -0.15) is 0 Å². The van der Waals surface area contributed by atoms with Crippen molar-refractivity contribution in [3.8, 4) is 0 Å². The average Bonchev–Trinajstić information content (AvgIpc) is 1.81. The minimum Gasteiger partial charge on any atom is -0.309 e. The van der Waals surface area contributed by atoms with E-state index >= 15 is 0 Å². The molecule has 1 N–H and O–H groups in total. The Kier molecular flexibility index (Phi) is 5.50. The lowest BCUT2D eigenvalue weighted by Crippen LogP contribution is -1.62. The largest absolute Gasteiger partial charge is 0.309 e. The van der Waals surface area contributed by atoms with Gasteiger partial charge >= 0.3 is 0 Å². The second-order valence-electron chi connectivity index (χ2n) is 1.46. The highest BCUT2D eigenvalue weighted by atomic mass is 14.3. The van der Waals surface area contributed by atoms with Crippen molar-refractivity contribution < 1.29 is 0 Å². The van der Waals surface area contributed by atoms with Gasteiger partial charge in [0.25, 0.3) is 0 Å². The molecule has 0 aromatic heterocycles. The summed E-state index contributed by atoms with van der Waals surface area (Å²) in [5.41, 5.74) is 0. The number of hydrogen-bond donors (Lipinski definition) is 1. The zero-order valence-corrected chi connectivity index (χ0v) is 4.93. The molecular formula is C7H11N. The van der Waals surface area contributed by atoms with Gasteiger partial charge in [0.1, 0.15) is 0 Å². The first-order valence-corrected chi connectivity index (χ1v) is 2.68. The molecule has 0 saturated carbocycles. The van der Waals surface area contributed by atoms with Crippen molar-refractivity contribution in [2.24, 2.45) is 0 Å². The second kappa shape index (κ2) is 6.15. The van der Waals surface area contributed by atoms with Crippen molar-refractivity contribution in [2.75, 3.05) is 0 Å². The zero-order valence-electron chi connectivity index (χ0n) is 4.93. The lowest BCUT2D eigenvalue weighted by molar-refractivity contribution is 1.06. The topological polar surface area (TPSA) is 23.9 Å². The Morgan fingerprint density at radius 1 is 1.38 bits per heavy atom. The molecule has 0 radical (unpaired) electrons. The average molecular weight is 109 g/mol. The SMILES string of the molecule is C=CCC/C=C\C=N. The summed E-state index contributed by atoms with van der Waals surface area (Å²) in [6.45, 7) is 3.57. The molecule has 0 aliphatic rings. The first-order valence-electron chi connectivity index (χ1n) is 2.68. The van der Waals surface area contributed by atoms with E-state index in [-0.39, 0.29) is 0 Å². The highest BCUT2D eigenvalue weighted by molar-refractivity contribution is 5.67. The maximum absolute atomic E-state index is 6.60. The number of unbranched alkanes of at least 4 members (excludes halogenated alkanes) is 1. The first-order chi connectivity index (χ1) is 3.91. The van der Waals surface area contributed by atoms with Crippen LogP contribution in [-0.4, -0.2) is 6.21 Å². The zero-order chi connectivity index (χ0) is 6.24. The van der Waals surface area contributed by atoms with Gasteiger partial charge in [-0.15, -0.1) is 6.58 Å². The minimum atomic E-state index is 0.999. The fraction of sp³-hybridized carbons (Fsp3) is 0.286. The number of hydrogen-bond acceptors (Lipinski definition) is 1. The summed E-state index contributed by atoms with van der Waals surface area (Å²) in [6, 6.07) is 0. The van der Waals surface area contributed by atoms with E-state index in [9.17, 15) is 0 Å². The first kappa shape index (κ1) is 7.15. The van der Waals surface area contributed by atoms with Crippen LogP contribution in [0.2, 0.25) is 0 Å². The third kappa shape index (κ3) is 5.15. The summed E-state index contributed by atoms with van der Waals surface area (Å²) in [6.07, 6.45) is 8.83. The second-order valence-corrected chi connectivity index (χ2v) is 1.46. The molecule has 0 unspecified atom stereocenters.